The largest absolute Gasteiger partial charge is 0.497 e. The molecule has 122 valence electrons. The zero-order valence-corrected chi connectivity index (χ0v) is 14.4. The first-order valence-electron chi connectivity index (χ1n) is 7.59. The van der Waals surface area contributed by atoms with Crippen LogP contribution in [0.15, 0.2) is 53.9 Å². The minimum absolute atomic E-state index is 0.0551. The number of hydrogen-bond acceptors (Lipinski definition) is 4. The summed E-state index contributed by atoms with van der Waals surface area (Å²) in [7, 11) is 1.60. The van der Waals surface area contributed by atoms with E-state index in [4.69, 9.17) is 4.74 Å². The Kier molecular flexibility index (Phi) is 4.91. The van der Waals surface area contributed by atoms with Gasteiger partial charge in [0.2, 0.25) is 5.91 Å². The second-order valence-corrected chi connectivity index (χ2v) is 6.47. The van der Waals surface area contributed by atoms with Gasteiger partial charge < -0.3 is 10.1 Å². The number of nitrogens with one attached hydrogen (secondary N) is 1. The van der Waals surface area contributed by atoms with Crippen LogP contribution < -0.4 is 10.1 Å². The lowest BCUT2D eigenvalue weighted by Gasteiger charge is -2.07. The van der Waals surface area contributed by atoms with E-state index < -0.39 is 0 Å². The number of thiazole rings is 1. The molecule has 0 aliphatic rings. The first-order valence-corrected chi connectivity index (χ1v) is 8.47. The number of benzene rings is 2. The summed E-state index contributed by atoms with van der Waals surface area (Å²) < 4.78 is 5.16. The predicted octanol–water partition coefficient (Wildman–Crippen LogP) is 4.31. The molecule has 0 aliphatic heterocycles. The number of carbonyl (C=O) groups is 1. The highest BCUT2D eigenvalue weighted by molar-refractivity contribution is 7.09. The summed E-state index contributed by atoms with van der Waals surface area (Å²) in [5.74, 6) is 0.663. The quantitative estimate of drug-likeness (QED) is 0.754. The van der Waals surface area contributed by atoms with Crippen molar-refractivity contribution in [3.63, 3.8) is 0 Å². The summed E-state index contributed by atoms with van der Waals surface area (Å²) in [4.78, 5) is 16.6. The summed E-state index contributed by atoms with van der Waals surface area (Å²) in [6, 6.07) is 15.3. The van der Waals surface area contributed by atoms with E-state index in [0.717, 1.165) is 33.3 Å². The van der Waals surface area contributed by atoms with Gasteiger partial charge in [-0.05, 0) is 24.6 Å². The van der Waals surface area contributed by atoms with Gasteiger partial charge in [-0.15, -0.1) is 11.3 Å². The molecule has 3 aromatic rings. The zero-order valence-electron chi connectivity index (χ0n) is 13.6. The standard InChI is InChI=1S/C19H18N2O2S/c1-13-20-18(12-24-13)15-8-6-14(7-9-15)10-19(22)21-16-4-3-5-17(11-16)23-2/h3-9,11-12H,10H2,1-2H3,(H,21,22). The van der Waals surface area contributed by atoms with E-state index in [1.165, 1.54) is 0 Å². The third-order valence-corrected chi connectivity index (χ3v) is 4.36. The van der Waals surface area contributed by atoms with Gasteiger partial charge in [-0.1, -0.05) is 30.3 Å². The van der Waals surface area contributed by atoms with Crippen molar-refractivity contribution in [3.05, 3.63) is 64.5 Å². The van der Waals surface area contributed by atoms with Gasteiger partial charge in [-0.25, -0.2) is 4.98 Å². The molecule has 0 spiro atoms. The second-order valence-electron chi connectivity index (χ2n) is 5.41. The molecule has 0 saturated heterocycles. The van der Waals surface area contributed by atoms with Crippen LogP contribution in [-0.4, -0.2) is 18.0 Å². The maximum Gasteiger partial charge on any atom is 0.228 e. The van der Waals surface area contributed by atoms with Crippen molar-refractivity contribution in [3.8, 4) is 17.0 Å². The number of rotatable bonds is 5. The molecule has 3 rings (SSSR count). The molecule has 1 aromatic heterocycles. The highest BCUT2D eigenvalue weighted by atomic mass is 32.1. The van der Waals surface area contributed by atoms with E-state index in [1.54, 1.807) is 24.5 Å². The summed E-state index contributed by atoms with van der Waals surface area (Å²) >= 11 is 1.63. The fraction of sp³-hybridized carbons (Fsp3) is 0.158. The molecule has 4 nitrogen and oxygen atoms in total. The van der Waals surface area contributed by atoms with Gasteiger partial charge in [0.15, 0.2) is 0 Å². The normalized spacial score (nSPS) is 10.4. The average Bonchev–Trinajstić information content (AvgIpc) is 3.02. The van der Waals surface area contributed by atoms with Crippen LogP contribution in [0.2, 0.25) is 0 Å². The molecular weight excluding hydrogens is 320 g/mol. The van der Waals surface area contributed by atoms with Crippen molar-refractivity contribution in [1.29, 1.82) is 0 Å². The minimum Gasteiger partial charge on any atom is -0.497 e. The fourth-order valence-electron chi connectivity index (χ4n) is 2.38. The van der Waals surface area contributed by atoms with E-state index >= 15 is 0 Å². The summed E-state index contributed by atoms with van der Waals surface area (Å²) in [5.41, 5.74) is 3.74. The van der Waals surface area contributed by atoms with Gasteiger partial charge in [0, 0.05) is 22.7 Å². The van der Waals surface area contributed by atoms with Crippen LogP contribution in [0.3, 0.4) is 0 Å². The smallest absolute Gasteiger partial charge is 0.228 e. The van der Waals surface area contributed by atoms with Gasteiger partial charge in [0.25, 0.3) is 0 Å². The Morgan fingerprint density at radius 2 is 2.00 bits per heavy atom. The molecule has 0 fully saturated rings. The molecule has 0 atom stereocenters. The number of ether oxygens (including phenoxy) is 1. The van der Waals surface area contributed by atoms with Gasteiger partial charge in [-0.3, -0.25) is 4.79 Å². The van der Waals surface area contributed by atoms with E-state index in [9.17, 15) is 4.79 Å². The highest BCUT2D eigenvalue weighted by Gasteiger charge is 2.07. The number of anilines is 1. The third-order valence-electron chi connectivity index (χ3n) is 3.59. The van der Waals surface area contributed by atoms with Crippen LogP contribution in [0.25, 0.3) is 11.3 Å². The Hall–Kier alpha value is -2.66. The number of amides is 1. The Morgan fingerprint density at radius 3 is 2.67 bits per heavy atom. The summed E-state index contributed by atoms with van der Waals surface area (Å²) in [6.07, 6.45) is 0.327. The van der Waals surface area contributed by atoms with E-state index in [0.29, 0.717) is 6.42 Å². The number of hydrogen-bond donors (Lipinski definition) is 1. The number of nitrogens with zero attached hydrogens (tertiary/aromatic N) is 1. The van der Waals surface area contributed by atoms with Gasteiger partial charge in [0.1, 0.15) is 5.75 Å². The van der Waals surface area contributed by atoms with E-state index in [2.05, 4.69) is 10.3 Å². The molecule has 5 heteroatoms. The van der Waals surface area contributed by atoms with Gasteiger partial charge in [-0.2, -0.15) is 0 Å². The molecule has 1 amide bonds. The van der Waals surface area contributed by atoms with Crippen LogP contribution in [0.4, 0.5) is 5.69 Å². The highest BCUT2D eigenvalue weighted by Crippen LogP contribution is 2.22. The predicted molar refractivity (Wildman–Crippen MR) is 97.6 cm³/mol. The maximum atomic E-state index is 12.2. The monoisotopic (exact) mass is 338 g/mol. The van der Waals surface area contributed by atoms with Gasteiger partial charge in [0.05, 0.1) is 24.2 Å². The molecular formula is C19H18N2O2S. The summed E-state index contributed by atoms with van der Waals surface area (Å²) in [6.45, 7) is 1.99. The molecule has 24 heavy (non-hydrogen) atoms. The summed E-state index contributed by atoms with van der Waals surface area (Å²) in [5, 5.41) is 5.97. The fourth-order valence-corrected chi connectivity index (χ4v) is 3.00. The molecule has 1 heterocycles. The van der Waals surface area contributed by atoms with Crippen molar-refractivity contribution in [1.82, 2.24) is 4.98 Å². The Balaban J connectivity index is 1.64. The van der Waals surface area contributed by atoms with E-state index in [-0.39, 0.29) is 5.91 Å². The van der Waals surface area contributed by atoms with Crippen molar-refractivity contribution in [2.75, 3.05) is 12.4 Å². The molecule has 0 unspecified atom stereocenters. The van der Waals surface area contributed by atoms with Crippen LogP contribution in [0, 0.1) is 6.92 Å². The van der Waals surface area contributed by atoms with Crippen molar-refractivity contribution in [2.45, 2.75) is 13.3 Å². The lowest BCUT2D eigenvalue weighted by molar-refractivity contribution is -0.115. The van der Waals surface area contributed by atoms with Crippen molar-refractivity contribution >= 4 is 22.9 Å². The SMILES string of the molecule is COc1cccc(NC(=O)Cc2ccc(-c3csc(C)n3)cc2)c1. The second kappa shape index (κ2) is 7.27. The third kappa shape index (κ3) is 4.00. The van der Waals surface area contributed by atoms with E-state index in [1.807, 2.05) is 54.8 Å². The molecule has 0 radical (unpaired) electrons. The molecule has 0 saturated carbocycles. The Bertz CT molecular complexity index is 841. The topological polar surface area (TPSA) is 51.2 Å². The first kappa shape index (κ1) is 16.2. The molecule has 0 aliphatic carbocycles. The number of carbonyl (C=O) groups excluding carboxylic acids is 1. The molecule has 0 bridgehead atoms. The van der Waals surface area contributed by atoms with Crippen molar-refractivity contribution < 1.29 is 9.53 Å². The van der Waals surface area contributed by atoms with Crippen LogP contribution in [-0.2, 0) is 11.2 Å². The number of methoxy groups -OCH3 is 1. The van der Waals surface area contributed by atoms with Crippen LogP contribution in [0.5, 0.6) is 5.75 Å². The molecule has 2 aromatic carbocycles. The van der Waals surface area contributed by atoms with Gasteiger partial charge >= 0.3 is 0 Å². The average molecular weight is 338 g/mol. The minimum atomic E-state index is -0.0551. The lowest BCUT2D eigenvalue weighted by atomic mass is 10.1. The lowest BCUT2D eigenvalue weighted by Crippen LogP contribution is -2.14. The number of aryl methyl sites for hydroxylation is 1. The number of aromatic nitrogens is 1. The maximum absolute atomic E-state index is 12.2. The van der Waals surface area contributed by atoms with Crippen molar-refractivity contribution in [2.24, 2.45) is 0 Å². The van der Waals surface area contributed by atoms with Crippen LogP contribution >= 0.6 is 11.3 Å². The Labute approximate surface area is 145 Å². The molecule has 1 N–H and O–H groups in total. The van der Waals surface area contributed by atoms with Crippen LogP contribution in [0.1, 0.15) is 10.6 Å². The first-order chi connectivity index (χ1) is 11.6. The Morgan fingerprint density at radius 1 is 1.21 bits per heavy atom. The zero-order chi connectivity index (χ0) is 16.9.